The van der Waals surface area contributed by atoms with Gasteiger partial charge in [0.15, 0.2) is 0 Å². The summed E-state index contributed by atoms with van der Waals surface area (Å²) in [6.07, 6.45) is -2.90. The lowest BCUT2D eigenvalue weighted by Gasteiger charge is -2.36. The number of urea groups is 1. The van der Waals surface area contributed by atoms with E-state index in [0.29, 0.717) is 5.69 Å². The number of amides is 2. The van der Waals surface area contributed by atoms with E-state index < -0.39 is 29.1 Å². The summed E-state index contributed by atoms with van der Waals surface area (Å²) in [5.41, 5.74) is 1.79. The molecule has 0 radical (unpaired) electrons. The van der Waals surface area contributed by atoms with Gasteiger partial charge in [0.1, 0.15) is 11.4 Å². The zero-order valence-electron chi connectivity index (χ0n) is 22.9. The van der Waals surface area contributed by atoms with Gasteiger partial charge in [-0.2, -0.15) is 13.2 Å². The number of aromatic nitrogens is 2. The van der Waals surface area contributed by atoms with Crippen molar-refractivity contribution in [1.82, 2.24) is 14.9 Å². The van der Waals surface area contributed by atoms with E-state index in [1.54, 1.807) is 12.3 Å². The standard InChI is InChI=1S/C33H28F4N4O/c1-22-14-15-23(2)41(22)29-16-17-30(38-21-29)32(20-24-8-4-3-5-9-24,25-10-6-11-26(18-25)33(35,36)37)40-31(42)39-28-13-7-12-27(34)19-28/h3-19,21H,20H2,1-2H3,(H2,39,40,42). The smallest absolute Gasteiger partial charge is 0.322 e. The molecule has 214 valence electrons. The van der Waals surface area contributed by atoms with Gasteiger partial charge < -0.3 is 15.2 Å². The molecule has 9 heteroatoms. The van der Waals surface area contributed by atoms with Gasteiger partial charge in [-0.15, -0.1) is 0 Å². The zero-order valence-corrected chi connectivity index (χ0v) is 22.9. The van der Waals surface area contributed by atoms with Crippen molar-refractivity contribution in [2.75, 3.05) is 5.32 Å². The summed E-state index contributed by atoms with van der Waals surface area (Å²) in [4.78, 5) is 18.2. The third-order valence-corrected chi connectivity index (χ3v) is 7.12. The van der Waals surface area contributed by atoms with Gasteiger partial charge in [-0.05, 0) is 79.6 Å². The molecular weight excluding hydrogens is 544 g/mol. The number of aryl methyl sites for hydroxylation is 2. The maximum atomic E-state index is 13.9. The Morgan fingerprint density at radius 3 is 2.14 bits per heavy atom. The quantitative estimate of drug-likeness (QED) is 0.195. The third-order valence-electron chi connectivity index (χ3n) is 7.12. The van der Waals surface area contributed by atoms with Crippen molar-refractivity contribution >= 4 is 11.7 Å². The highest BCUT2D eigenvalue weighted by molar-refractivity contribution is 5.90. The highest BCUT2D eigenvalue weighted by Crippen LogP contribution is 2.37. The van der Waals surface area contributed by atoms with E-state index >= 15 is 0 Å². The number of hydrogen-bond donors (Lipinski definition) is 2. The predicted octanol–water partition coefficient (Wildman–Crippen LogP) is 7.96. The number of benzene rings is 3. The van der Waals surface area contributed by atoms with Gasteiger partial charge in [0, 0.05) is 23.5 Å². The number of nitrogens with zero attached hydrogens (tertiary/aromatic N) is 2. The molecule has 0 aliphatic rings. The molecular formula is C33H28F4N4O. The summed E-state index contributed by atoms with van der Waals surface area (Å²) < 4.78 is 57.6. The zero-order chi connectivity index (χ0) is 29.9. The first-order chi connectivity index (χ1) is 20.0. The Kier molecular flexibility index (Phi) is 7.85. The van der Waals surface area contributed by atoms with Crippen LogP contribution < -0.4 is 10.6 Å². The number of anilines is 1. The molecule has 5 nitrogen and oxygen atoms in total. The van der Waals surface area contributed by atoms with Crippen LogP contribution in [-0.2, 0) is 18.1 Å². The van der Waals surface area contributed by atoms with Gasteiger partial charge >= 0.3 is 12.2 Å². The topological polar surface area (TPSA) is 59.0 Å². The van der Waals surface area contributed by atoms with Crippen LogP contribution in [0.4, 0.5) is 28.0 Å². The van der Waals surface area contributed by atoms with Crippen molar-refractivity contribution in [3.05, 3.63) is 149 Å². The van der Waals surface area contributed by atoms with Gasteiger partial charge in [-0.1, -0.05) is 48.5 Å². The molecule has 0 fully saturated rings. The number of hydrogen-bond acceptors (Lipinski definition) is 2. The van der Waals surface area contributed by atoms with Crippen molar-refractivity contribution < 1.29 is 22.4 Å². The molecule has 2 amide bonds. The van der Waals surface area contributed by atoms with Crippen LogP contribution in [0, 0.1) is 19.7 Å². The predicted molar refractivity (Wildman–Crippen MR) is 154 cm³/mol. The van der Waals surface area contributed by atoms with Crippen LogP contribution in [0.1, 0.15) is 33.8 Å². The minimum atomic E-state index is -4.61. The number of pyridine rings is 1. The Hall–Kier alpha value is -4.92. The molecule has 1 atom stereocenters. The largest absolute Gasteiger partial charge is 0.416 e. The molecule has 5 rings (SSSR count). The maximum absolute atomic E-state index is 13.9. The van der Waals surface area contributed by atoms with E-state index in [1.165, 1.54) is 30.3 Å². The van der Waals surface area contributed by atoms with Gasteiger partial charge in [-0.25, -0.2) is 9.18 Å². The SMILES string of the molecule is Cc1ccc(C)n1-c1ccc(C(Cc2ccccc2)(NC(=O)Nc2cccc(F)c2)c2cccc(C(F)(F)F)c2)nc1. The number of alkyl halides is 3. The number of carbonyl (C=O) groups excluding carboxylic acids is 1. The highest BCUT2D eigenvalue weighted by atomic mass is 19.4. The summed E-state index contributed by atoms with van der Waals surface area (Å²) in [5.74, 6) is -0.547. The molecule has 2 N–H and O–H groups in total. The van der Waals surface area contributed by atoms with E-state index in [-0.39, 0.29) is 17.7 Å². The molecule has 2 aromatic heterocycles. The summed E-state index contributed by atoms with van der Waals surface area (Å²) in [7, 11) is 0. The molecule has 1 unspecified atom stereocenters. The fraction of sp³-hybridized carbons (Fsp3) is 0.152. The molecule has 2 heterocycles. The van der Waals surface area contributed by atoms with Crippen LogP contribution in [0.5, 0.6) is 0 Å². The van der Waals surface area contributed by atoms with Gasteiger partial charge in [0.2, 0.25) is 0 Å². The van der Waals surface area contributed by atoms with Crippen LogP contribution in [0.15, 0.2) is 109 Å². The molecule has 0 aliphatic heterocycles. The van der Waals surface area contributed by atoms with Crippen molar-refractivity contribution in [2.45, 2.75) is 32.0 Å². The molecule has 3 aromatic carbocycles. The van der Waals surface area contributed by atoms with E-state index in [2.05, 4.69) is 10.6 Å². The van der Waals surface area contributed by atoms with Gasteiger partial charge in [0.05, 0.1) is 23.1 Å². The monoisotopic (exact) mass is 572 g/mol. The third kappa shape index (κ3) is 6.05. The van der Waals surface area contributed by atoms with Crippen molar-refractivity contribution in [3.63, 3.8) is 0 Å². The Morgan fingerprint density at radius 1 is 0.810 bits per heavy atom. The second-order valence-corrected chi connectivity index (χ2v) is 10.1. The Labute approximate surface area is 240 Å². The van der Waals surface area contributed by atoms with Crippen LogP contribution in [0.3, 0.4) is 0 Å². The average molecular weight is 573 g/mol. The first-order valence-corrected chi connectivity index (χ1v) is 13.2. The molecule has 0 bridgehead atoms. The van der Waals surface area contributed by atoms with Crippen molar-refractivity contribution in [2.24, 2.45) is 0 Å². The van der Waals surface area contributed by atoms with Crippen LogP contribution in [0.25, 0.3) is 5.69 Å². The first-order valence-electron chi connectivity index (χ1n) is 13.2. The molecule has 0 saturated heterocycles. The Balaban J connectivity index is 1.67. The van der Waals surface area contributed by atoms with E-state index in [0.717, 1.165) is 40.8 Å². The number of rotatable bonds is 7. The average Bonchev–Trinajstić information content (AvgIpc) is 3.30. The van der Waals surface area contributed by atoms with Gasteiger partial charge in [-0.3, -0.25) is 4.98 Å². The fourth-order valence-electron chi connectivity index (χ4n) is 5.15. The number of nitrogens with one attached hydrogen (secondary N) is 2. The molecule has 42 heavy (non-hydrogen) atoms. The molecule has 5 aromatic rings. The lowest BCUT2D eigenvalue weighted by Crippen LogP contribution is -2.50. The number of halogens is 4. The van der Waals surface area contributed by atoms with Crippen molar-refractivity contribution in [3.8, 4) is 5.69 Å². The van der Waals surface area contributed by atoms with E-state index in [4.69, 9.17) is 4.98 Å². The van der Waals surface area contributed by atoms with Crippen molar-refractivity contribution in [1.29, 1.82) is 0 Å². The number of carbonyl (C=O) groups is 1. The maximum Gasteiger partial charge on any atom is 0.416 e. The second kappa shape index (κ2) is 11.5. The Bertz CT molecular complexity index is 1680. The molecule has 0 spiro atoms. The minimum Gasteiger partial charge on any atom is -0.322 e. The summed E-state index contributed by atoms with van der Waals surface area (Å²) in [6, 6.07) is 26.1. The van der Waals surface area contributed by atoms with Crippen LogP contribution in [0.2, 0.25) is 0 Å². The summed E-state index contributed by atoms with van der Waals surface area (Å²) >= 11 is 0. The first kappa shape index (κ1) is 28.6. The molecule has 0 saturated carbocycles. The lowest BCUT2D eigenvalue weighted by molar-refractivity contribution is -0.137. The Morgan fingerprint density at radius 2 is 1.50 bits per heavy atom. The fourth-order valence-corrected chi connectivity index (χ4v) is 5.15. The molecule has 0 aliphatic carbocycles. The highest BCUT2D eigenvalue weighted by Gasteiger charge is 2.40. The van der Waals surface area contributed by atoms with Gasteiger partial charge in [0.25, 0.3) is 0 Å². The lowest BCUT2D eigenvalue weighted by atomic mass is 9.80. The summed E-state index contributed by atoms with van der Waals surface area (Å²) in [6.45, 7) is 3.92. The minimum absolute atomic E-state index is 0.0830. The van der Waals surface area contributed by atoms with E-state index in [9.17, 15) is 22.4 Å². The summed E-state index contributed by atoms with van der Waals surface area (Å²) in [5, 5.41) is 5.54. The van der Waals surface area contributed by atoms with E-state index in [1.807, 2.05) is 66.9 Å². The normalized spacial score (nSPS) is 12.9. The second-order valence-electron chi connectivity index (χ2n) is 10.1. The van der Waals surface area contributed by atoms with Crippen LogP contribution >= 0.6 is 0 Å². The van der Waals surface area contributed by atoms with Crippen LogP contribution in [-0.4, -0.2) is 15.6 Å².